The number of benzene rings is 2. The minimum Gasteiger partial charge on any atom is -0.349 e. The van der Waals surface area contributed by atoms with Gasteiger partial charge in [0.1, 0.15) is 11.0 Å². The van der Waals surface area contributed by atoms with Crippen LogP contribution in [0, 0.1) is 0 Å². The second kappa shape index (κ2) is 5.83. The van der Waals surface area contributed by atoms with Crippen LogP contribution in [0.15, 0.2) is 42.5 Å². The number of carbonyl (C=O) groups is 1. The van der Waals surface area contributed by atoms with Gasteiger partial charge in [-0.2, -0.15) is 15.4 Å². The topological polar surface area (TPSA) is 70.7 Å². The molecule has 2 N–H and O–H groups in total. The first kappa shape index (κ1) is 13.9. The van der Waals surface area contributed by atoms with Gasteiger partial charge in [-0.15, -0.1) is 0 Å². The Balaban J connectivity index is 1.52. The van der Waals surface area contributed by atoms with E-state index in [1.165, 1.54) is 11.1 Å². The number of nitrogens with zero attached hydrogens (tertiary/aromatic N) is 2. The Morgan fingerprint density at radius 3 is 2.83 bits per heavy atom. The molecule has 1 aromatic heterocycles. The lowest BCUT2D eigenvalue weighted by Gasteiger charge is -2.17. The van der Waals surface area contributed by atoms with Crippen LogP contribution in [-0.4, -0.2) is 27.4 Å². The fourth-order valence-corrected chi connectivity index (χ4v) is 3.28. The minimum absolute atomic E-state index is 0.0423. The van der Waals surface area contributed by atoms with Gasteiger partial charge in [0.25, 0.3) is 5.91 Å². The summed E-state index contributed by atoms with van der Waals surface area (Å²) < 4.78 is 0. The summed E-state index contributed by atoms with van der Waals surface area (Å²) in [6.45, 7) is 0. The predicted octanol–water partition coefficient (Wildman–Crippen LogP) is 2.64. The summed E-state index contributed by atoms with van der Waals surface area (Å²) in [5, 5.41) is 13.8. The van der Waals surface area contributed by atoms with Crippen molar-refractivity contribution < 1.29 is 4.79 Å². The predicted molar refractivity (Wildman–Crippen MR) is 88.2 cm³/mol. The Hall–Kier alpha value is -2.69. The fraction of sp³-hybridized carbons (Fsp3) is 0.278. The molecule has 1 heterocycles. The SMILES string of the molecule is O=C(NC1CCCc2ccccc2C1)c1ccc2n[nH]nc2c1. The van der Waals surface area contributed by atoms with E-state index >= 15 is 0 Å². The lowest BCUT2D eigenvalue weighted by molar-refractivity contribution is 0.0935. The highest BCUT2D eigenvalue weighted by Gasteiger charge is 2.19. The van der Waals surface area contributed by atoms with E-state index in [0.29, 0.717) is 11.1 Å². The molecule has 116 valence electrons. The molecule has 0 spiro atoms. The number of hydrogen-bond acceptors (Lipinski definition) is 3. The molecule has 1 atom stereocenters. The number of rotatable bonds is 2. The van der Waals surface area contributed by atoms with Gasteiger partial charge in [-0.25, -0.2) is 0 Å². The zero-order chi connectivity index (χ0) is 15.6. The molecule has 1 amide bonds. The number of H-pyrrole nitrogens is 1. The first-order valence-corrected chi connectivity index (χ1v) is 7.98. The van der Waals surface area contributed by atoms with Crippen LogP contribution >= 0.6 is 0 Å². The Kier molecular flexibility index (Phi) is 3.54. The molecule has 1 aliphatic rings. The van der Waals surface area contributed by atoms with E-state index in [9.17, 15) is 4.79 Å². The maximum atomic E-state index is 12.5. The van der Waals surface area contributed by atoms with E-state index in [1.54, 1.807) is 12.1 Å². The molecule has 0 fully saturated rings. The summed E-state index contributed by atoms with van der Waals surface area (Å²) in [7, 11) is 0. The Labute approximate surface area is 134 Å². The lowest BCUT2D eigenvalue weighted by atomic mass is 10.0. The zero-order valence-electron chi connectivity index (χ0n) is 12.7. The summed E-state index contributed by atoms with van der Waals surface area (Å²) in [5.74, 6) is -0.0423. The van der Waals surface area contributed by atoms with Gasteiger partial charge in [0.2, 0.25) is 0 Å². The van der Waals surface area contributed by atoms with Gasteiger partial charge < -0.3 is 5.32 Å². The maximum Gasteiger partial charge on any atom is 0.251 e. The van der Waals surface area contributed by atoms with Crippen LogP contribution < -0.4 is 5.32 Å². The first-order chi connectivity index (χ1) is 11.3. The molecule has 23 heavy (non-hydrogen) atoms. The van der Waals surface area contributed by atoms with Gasteiger partial charge in [-0.1, -0.05) is 24.3 Å². The summed E-state index contributed by atoms with van der Waals surface area (Å²) in [6.07, 6.45) is 4.10. The van der Waals surface area contributed by atoms with Gasteiger partial charge in [0.15, 0.2) is 0 Å². The van der Waals surface area contributed by atoms with Crippen molar-refractivity contribution in [3.05, 3.63) is 59.2 Å². The summed E-state index contributed by atoms with van der Waals surface area (Å²) in [5.41, 5.74) is 4.87. The van der Waals surface area contributed by atoms with Gasteiger partial charge in [0, 0.05) is 11.6 Å². The Morgan fingerprint density at radius 2 is 1.91 bits per heavy atom. The molecule has 0 radical (unpaired) electrons. The van der Waals surface area contributed by atoms with Crippen LogP contribution in [0.4, 0.5) is 0 Å². The summed E-state index contributed by atoms with van der Waals surface area (Å²) in [6, 6.07) is 14.1. The first-order valence-electron chi connectivity index (χ1n) is 7.98. The third-order valence-corrected chi connectivity index (χ3v) is 4.50. The molecular formula is C18H18N4O. The van der Waals surface area contributed by atoms with E-state index in [2.05, 4.69) is 45.0 Å². The molecule has 1 aliphatic carbocycles. The molecule has 1 unspecified atom stereocenters. The van der Waals surface area contributed by atoms with Crippen molar-refractivity contribution in [2.45, 2.75) is 31.7 Å². The molecular weight excluding hydrogens is 288 g/mol. The number of fused-ring (bicyclic) bond motifs is 2. The zero-order valence-corrected chi connectivity index (χ0v) is 12.7. The van der Waals surface area contributed by atoms with E-state index in [1.807, 2.05) is 6.07 Å². The number of nitrogens with one attached hydrogen (secondary N) is 2. The van der Waals surface area contributed by atoms with Crippen molar-refractivity contribution >= 4 is 16.9 Å². The van der Waals surface area contributed by atoms with Gasteiger partial charge >= 0.3 is 0 Å². The highest BCUT2D eigenvalue weighted by atomic mass is 16.1. The minimum atomic E-state index is -0.0423. The highest BCUT2D eigenvalue weighted by Crippen LogP contribution is 2.21. The van der Waals surface area contributed by atoms with Gasteiger partial charge in [0.05, 0.1) is 0 Å². The quantitative estimate of drug-likeness (QED) is 0.715. The van der Waals surface area contributed by atoms with E-state index in [0.717, 1.165) is 31.2 Å². The maximum absolute atomic E-state index is 12.5. The molecule has 5 nitrogen and oxygen atoms in total. The number of carbonyl (C=O) groups excluding carboxylic acids is 1. The van der Waals surface area contributed by atoms with Crippen LogP contribution in [0.1, 0.15) is 34.3 Å². The standard InChI is InChI=1S/C18H18N4O/c23-18(14-8-9-16-17(11-14)21-22-20-16)19-15-7-3-6-12-4-1-2-5-13(12)10-15/h1-2,4-5,8-9,11,15H,3,6-7,10H2,(H,19,23)(H,20,21,22). The van der Waals surface area contributed by atoms with Crippen LogP contribution in [0.5, 0.6) is 0 Å². The second-order valence-corrected chi connectivity index (χ2v) is 6.06. The summed E-state index contributed by atoms with van der Waals surface area (Å²) >= 11 is 0. The average Bonchev–Trinajstić information content (AvgIpc) is 2.94. The molecule has 0 aliphatic heterocycles. The van der Waals surface area contributed by atoms with Crippen molar-refractivity contribution in [1.29, 1.82) is 0 Å². The molecule has 5 heteroatoms. The Bertz CT molecular complexity index is 855. The van der Waals surface area contributed by atoms with Crippen LogP contribution in [0.3, 0.4) is 0 Å². The molecule has 0 saturated heterocycles. The smallest absolute Gasteiger partial charge is 0.251 e. The molecule has 0 saturated carbocycles. The summed E-state index contributed by atoms with van der Waals surface area (Å²) in [4.78, 5) is 12.5. The van der Waals surface area contributed by atoms with Crippen molar-refractivity contribution in [2.75, 3.05) is 0 Å². The van der Waals surface area contributed by atoms with Crippen molar-refractivity contribution in [3.63, 3.8) is 0 Å². The van der Waals surface area contributed by atoms with E-state index < -0.39 is 0 Å². The van der Waals surface area contributed by atoms with Crippen molar-refractivity contribution in [3.8, 4) is 0 Å². The largest absolute Gasteiger partial charge is 0.349 e. The molecule has 2 aromatic carbocycles. The van der Waals surface area contributed by atoms with Crippen molar-refractivity contribution in [1.82, 2.24) is 20.7 Å². The van der Waals surface area contributed by atoms with Crippen LogP contribution in [0.2, 0.25) is 0 Å². The molecule has 4 rings (SSSR count). The van der Waals surface area contributed by atoms with Crippen molar-refractivity contribution in [2.24, 2.45) is 0 Å². The van der Waals surface area contributed by atoms with E-state index in [4.69, 9.17) is 0 Å². The number of aryl methyl sites for hydroxylation is 1. The lowest BCUT2D eigenvalue weighted by Crippen LogP contribution is -2.36. The molecule has 0 bridgehead atoms. The number of aromatic amines is 1. The van der Waals surface area contributed by atoms with Gasteiger partial charge in [-0.3, -0.25) is 4.79 Å². The number of aromatic nitrogens is 3. The fourth-order valence-electron chi connectivity index (χ4n) is 3.28. The second-order valence-electron chi connectivity index (χ2n) is 6.06. The number of amides is 1. The highest BCUT2D eigenvalue weighted by molar-refractivity contribution is 5.97. The normalized spacial score (nSPS) is 17.5. The van der Waals surface area contributed by atoms with Crippen LogP contribution in [0.25, 0.3) is 11.0 Å². The van der Waals surface area contributed by atoms with Gasteiger partial charge in [-0.05, 0) is 55.0 Å². The molecule has 3 aromatic rings. The van der Waals surface area contributed by atoms with Crippen LogP contribution in [-0.2, 0) is 12.8 Å². The average molecular weight is 306 g/mol. The Morgan fingerprint density at radius 1 is 1.09 bits per heavy atom. The number of hydrogen-bond donors (Lipinski definition) is 2. The third-order valence-electron chi connectivity index (χ3n) is 4.50. The third kappa shape index (κ3) is 2.82. The van der Waals surface area contributed by atoms with E-state index in [-0.39, 0.29) is 11.9 Å². The monoisotopic (exact) mass is 306 g/mol.